The van der Waals surface area contributed by atoms with Crippen molar-refractivity contribution in [1.82, 2.24) is 4.72 Å². The molecule has 0 amide bonds. The molecule has 1 aromatic carbocycles. The number of rotatable bonds is 3. The summed E-state index contributed by atoms with van der Waals surface area (Å²) in [5.74, 6) is 0.948. The Morgan fingerprint density at radius 1 is 1.33 bits per heavy atom. The number of nitriles is 1. The number of hydrogen-bond acceptors (Lipinski definition) is 4. The Kier molecular flexibility index (Phi) is 4.55. The minimum atomic E-state index is -3.65. The molecule has 6 heteroatoms. The summed E-state index contributed by atoms with van der Waals surface area (Å²) in [4.78, 5) is 0.0484. The summed E-state index contributed by atoms with van der Waals surface area (Å²) in [6.45, 7) is 4.27. The molecule has 3 atom stereocenters. The van der Waals surface area contributed by atoms with Gasteiger partial charge in [-0.25, -0.2) is 13.1 Å². The monoisotopic (exact) mass is 307 g/mol. The fourth-order valence-corrected chi connectivity index (χ4v) is 4.46. The zero-order valence-electron chi connectivity index (χ0n) is 12.3. The van der Waals surface area contributed by atoms with Crippen molar-refractivity contribution in [3.05, 3.63) is 23.8 Å². The van der Waals surface area contributed by atoms with Gasteiger partial charge >= 0.3 is 0 Å². The summed E-state index contributed by atoms with van der Waals surface area (Å²) in [5, 5.41) is 8.81. The molecule has 0 heterocycles. The van der Waals surface area contributed by atoms with Gasteiger partial charge < -0.3 is 5.73 Å². The van der Waals surface area contributed by atoms with Crippen molar-refractivity contribution in [3.63, 3.8) is 0 Å². The first kappa shape index (κ1) is 15.8. The number of nitrogens with zero attached hydrogens (tertiary/aromatic N) is 1. The Labute approximate surface area is 126 Å². The van der Waals surface area contributed by atoms with Crippen LogP contribution < -0.4 is 10.5 Å². The van der Waals surface area contributed by atoms with Gasteiger partial charge in [0.2, 0.25) is 10.0 Å². The van der Waals surface area contributed by atoms with Crippen LogP contribution in [0.5, 0.6) is 0 Å². The van der Waals surface area contributed by atoms with Gasteiger partial charge in [-0.05, 0) is 49.3 Å². The Bertz CT molecular complexity index is 664. The number of sulfonamides is 1. The molecule has 1 saturated carbocycles. The van der Waals surface area contributed by atoms with Crippen LogP contribution >= 0.6 is 0 Å². The third kappa shape index (κ3) is 3.55. The fourth-order valence-electron chi connectivity index (χ4n) is 2.97. The number of nitrogens with two attached hydrogens (primary N) is 1. The maximum absolute atomic E-state index is 12.5. The number of anilines is 1. The first-order valence-electron chi connectivity index (χ1n) is 7.15. The molecule has 0 aromatic heterocycles. The summed E-state index contributed by atoms with van der Waals surface area (Å²) in [6.07, 6.45) is 2.90. The normalized spacial score (nSPS) is 26.2. The van der Waals surface area contributed by atoms with Gasteiger partial charge in [0.15, 0.2) is 0 Å². The highest BCUT2D eigenvalue weighted by Gasteiger charge is 2.30. The Balaban J connectivity index is 2.21. The third-order valence-corrected chi connectivity index (χ3v) is 5.73. The summed E-state index contributed by atoms with van der Waals surface area (Å²) in [6, 6.07) is 6.14. The van der Waals surface area contributed by atoms with E-state index in [9.17, 15) is 8.42 Å². The minimum Gasteiger partial charge on any atom is -0.398 e. The second-order valence-corrected chi connectivity index (χ2v) is 7.67. The average molecular weight is 307 g/mol. The smallest absolute Gasteiger partial charge is 0.242 e. The molecule has 21 heavy (non-hydrogen) atoms. The van der Waals surface area contributed by atoms with Gasteiger partial charge in [-0.2, -0.15) is 5.26 Å². The highest BCUT2D eigenvalue weighted by molar-refractivity contribution is 7.89. The number of nitrogens with one attached hydrogen (secondary N) is 1. The van der Waals surface area contributed by atoms with Crippen molar-refractivity contribution in [2.75, 3.05) is 5.73 Å². The largest absolute Gasteiger partial charge is 0.398 e. The highest BCUT2D eigenvalue weighted by atomic mass is 32.2. The summed E-state index contributed by atoms with van der Waals surface area (Å²) in [7, 11) is -3.65. The van der Waals surface area contributed by atoms with Crippen LogP contribution in [0, 0.1) is 23.2 Å². The molecule has 1 aliphatic rings. The summed E-state index contributed by atoms with van der Waals surface area (Å²) >= 11 is 0. The minimum absolute atomic E-state index is 0.0484. The van der Waals surface area contributed by atoms with E-state index in [1.165, 1.54) is 18.2 Å². The highest BCUT2D eigenvalue weighted by Crippen LogP contribution is 2.30. The van der Waals surface area contributed by atoms with E-state index in [1.54, 1.807) is 0 Å². The van der Waals surface area contributed by atoms with E-state index in [0.29, 0.717) is 17.4 Å². The molecule has 0 saturated heterocycles. The molecular weight excluding hydrogens is 286 g/mol. The van der Waals surface area contributed by atoms with Crippen LogP contribution in [0.15, 0.2) is 23.1 Å². The van der Waals surface area contributed by atoms with E-state index < -0.39 is 10.0 Å². The fraction of sp³-hybridized carbons (Fsp3) is 0.533. The standard InChI is InChI=1S/C15H21N3O2S/c1-10-3-5-14(11(2)7-10)18-21(19,20)15-6-4-12(9-16)8-13(15)17/h4,6,8,10-11,14,18H,3,5,7,17H2,1-2H3. The third-order valence-electron chi connectivity index (χ3n) is 4.17. The van der Waals surface area contributed by atoms with Crippen LogP contribution in [0.2, 0.25) is 0 Å². The van der Waals surface area contributed by atoms with Crippen LogP contribution in [0.4, 0.5) is 5.69 Å². The number of nitrogen functional groups attached to an aromatic ring is 1. The molecule has 2 rings (SSSR count). The summed E-state index contributed by atoms with van der Waals surface area (Å²) < 4.78 is 27.7. The van der Waals surface area contributed by atoms with E-state index in [2.05, 4.69) is 18.6 Å². The molecule has 1 fully saturated rings. The lowest BCUT2D eigenvalue weighted by Gasteiger charge is -2.33. The van der Waals surface area contributed by atoms with Crippen molar-refractivity contribution >= 4 is 15.7 Å². The van der Waals surface area contributed by atoms with Gasteiger partial charge in [0.25, 0.3) is 0 Å². The van der Waals surface area contributed by atoms with E-state index in [0.717, 1.165) is 19.3 Å². The van der Waals surface area contributed by atoms with Gasteiger partial charge in [0.05, 0.1) is 17.3 Å². The van der Waals surface area contributed by atoms with Gasteiger partial charge in [-0.15, -0.1) is 0 Å². The van der Waals surface area contributed by atoms with Crippen molar-refractivity contribution in [1.29, 1.82) is 5.26 Å². The van der Waals surface area contributed by atoms with Gasteiger partial charge in [0, 0.05) is 6.04 Å². The van der Waals surface area contributed by atoms with Crippen molar-refractivity contribution in [3.8, 4) is 6.07 Å². The molecule has 1 aliphatic carbocycles. The molecule has 3 unspecified atom stereocenters. The number of hydrogen-bond donors (Lipinski definition) is 2. The van der Waals surface area contributed by atoms with E-state index in [-0.39, 0.29) is 16.6 Å². The van der Waals surface area contributed by atoms with Gasteiger partial charge in [-0.3, -0.25) is 0 Å². The Hall–Kier alpha value is -1.58. The first-order valence-corrected chi connectivity index (χ1v) is 8.63. The average Bonchev–Trinajstić information content (AvgIpc) is 2.41. The lowest BCUT2D eigenvalue weighted by atomic mass is 9.80. The first-order chi connectivity index (χ1) is 9.83. The van der Waals surface area contributed by atoms with Gasteiger partial charge in [0.1, 0.15) is 4.90 Å². The SMILES string of the molecule is CC1CCC(NS(=O)(=O)c2ccc(C#N)cc2N)C(C)C1. The lowest BCUT2D eigenvalue weighted by Crippen LogP contribution is -2.42. The van der Waals surface area contributed by atoms with Crippen molar-refractivity contribution in [2.45, 2.75) is 44.0 Å². The zero-order valence-corrected chi connectivity index (χ0v) is 13.2. The summed E-state index contributed by atoms with van der Waals surface area (Å²) in [5.41, 5.74) is 6.24. The Morgan fingerprint density at radius 3 is 2.62 bits per heavy atom. The van der Waals surface area contributed by atoms with Crippen LogP contribution in [0.3, 0.4) is 0 Å². The molecule has 0 spiro atoms. The van der Waals surface area contributed by atoms with Crippen molar-refractivity contribution < 1.29 is 8.42 Å². The molecule has 0 aliphatic heterocycles. The second-order valence-electron chi connectivity index (χ2n) is 5.99. The maximum atomic E-state index is 12.5. The zero-order chi connectivity index (χ0) is 15.6. The van der Waals surface area contributed by atoms with E-state index >= 15 is 0 Å². The van der Waals surface area contributed by atoms with Crippen molar-refractivity contribution in [2.24, 2.45) is 11.8 Å². The molecule has 3 N–H and O–H groups in total. The maximum Gasteiger partial charge on any atom is 0.242 e. The molecule has 5 nitrogen and oxygen atoms in total. The van der Waals surface area contributed by atoms with Crippen LogP contribution in [-0.4, -0.2) is 14.5 Å². The lowest BCUT2D eigenvalue weighted by molar-refractivity contribution is 0.249. The topological polar surface area (TPSA) is 96.0 Å². The molecule has 1 aromatic rings. The quantitative estimate of drug-likeness (QED) is 0.837. The van der Waals surface area contributed by atoms with Crippen LogP contribution in [-0.2, 0) is 10.0 Å². The predicted octanol–water partition coefficient (Wildman–Crippen LogP) is 2.24. The van der Waals surface area contributed by atoms with E-state index in [1.807, 2.05) is 6.07 Å². The van der Waals surface area contributed by atoms with E-state index in [4.69, 9.17) is 11.0 Å². The van der Waals surface area contributed by atoms with Crippen LogP contribution in [0.1, 0.15) is 38.7 Å². The predicted molar refractivity (Wildman–Crippen MR) is 81.9 cm³/mol. The molecule has 0 radical (unpaired) electrons. The number of benzene rings is 1. The molecule has 0 bridgehead atoms. The second kappa shape index (κ2) is 6.04. The molecular formula is C15H21N3O2S. The van der Waals surface area contributed by atoms with Crippen LogP contribution in [0.25, 0.3) is 0 Å². The Morgan fingerprint density at radius 2 is 2.05 bits per heavy atom. The molecule has 114 valence electrons. The van der Waals surface area contributed by atoms with Gasteiger partial charge in [-0.1, -0.05) is 13.8 Å².